The fourth-order valence-electron chi connectivity index (χ4n) is 2.17. The normalized spacial score (nSPS) is 12.0. The first kappa shape index (κ1) is 22.3. The van der Waals surface area contributed by atoms with Gasteiger partial charge in [0.2, 0.25) is 5.89 Å². The van der Waals surface area contributed by atoms with E-state index in [0.29, 0.717) is 18.4 Å². The molecule has 11 heteroatoms. The summed E-state index contributed by atoms with van der Waals surface area (Å²) in [6.45, 7) is 6.20. The van der Waals surface area contributed by atoms with Crippen LogP contribution in [0.2, 0.25) is 0 Å². The lowest BCUT2D eigenvalue weighted by Gasteiger charge is -2.10. The minimum atomic E-state index is -4.51. The van der Waals surface area contributed by atoms with Crippen molar-refractivity contribution in [1.29, 1.82) is 0 Å². The van der Waals surface area contributed by atoms with Crippen LogP contribution in [-0.2, 0) is 26.3 Å². The van der Waals surface area contributed by atoms with Gasteiger partial charge in [-0.25, -0.2) is 9.98 Å². The second-order valence-electron chi connectivity index (χ2n) is 5.47. The lowest BCUT2D eigenvalue weighted by Crippen LogP contribution is -2.36. The molecule has 0 radical (unpaired) electrons. The highest BCUT2D eigenvalue weighted by atomic mass is 127. The number of oxazole rings is 1. The molecule has 0 saturated heterocycles. The van der Waals surface area contributed by atoms with Crippen molar-refractivity contribution in [3.8, 4) is 0 Å². The quantitative estimate of drug-likeness (QED) is 0.386. The fraction of sp³-hybridized carbons (Fsp3) is 0.533. The van der Waals surface area contributed by atoms with E-state index in [1.54, 1.807) is 0 Å². The van der Waals surface area contributed by atoms with Gasteiger partial charge in [-0.3, -0.25) is 4.68 Å². The highest BCUT2D eigenvalue weighted by Crippen LogP contribution is 2.30. The Morgan fingerprint density at radius 2 is 2.00 bits per heavy atom. The summed E-state index contributed by atoms with van der Waals surface area (Å²) in [6, 6.07) is 0. The van der Waals surface area contributed by atoms with Gasteiger partial charge in [0.05, 0.1) is 18.8 Å². The molecule has 0 atom stereocenters. The molecule has 0 saturated carbocycles. The molecule has 0 bridgehead atoms. The average Bonchev–Trinajstić information content (AvgIpc) is 3.04. The van der Waals surface area contributed by atoms with Crippen molar-refractivity contribution in [1.82, 2.24) is 25.4 Å². The molecule has 2 rings (SSSR count). The molecule has 0 fully saturated rings. The number of aliphatic imine (C=N–C) groups is 1. The average molecular weight is 486 g/mol. The zero-order valence-electron chi connectivity index (χ0n) is 14.9. The summed E-state index contributed by atoms with van der Waals surface area (Å²) in [5.41, 5.74) is -0.118. The monoisotopic (exact) mass is 486 g/mol. The minimum Gasteiger partial charge on any atom is -0.444 e. The second kappa shape index (κ2) is 9.24. The number of nitrogens with zero attached hydrogens (tertiary/aromatic N) is 4. The lowest BCUT2D eigenvalue weighted by atomic mass is 10.2. The zero-order valence-corrected chi connectivity index (χ0v) is 17.3. The number of alkyl halides is 3. The molecule has 146 valence electrons. The first-order valence-electron chi connectivity index (χ1n) is 7.75. The van der Waals surface area contributed by atoms with E-state index in [2.05, 4.69) is 25.7 Å². The molecule has 0 aliphatic carbocycles. The van der Waals surface area contributed by atoms with Crippen LogP contribution in [0.15, 0.2) is 15.6 Å². The van der Waals surface area contributed by atoms with Gasteiger partial charge in [-0.15, -0.1) is 24.0 Å². The van der Waals surface area contributed by atoms with Gasteiger partial charge in [-0.2, -0.15) is 18.3 Å². The Hall–Kier alpha value is -1.79. The summed E-state index contributed by atoms with van der Waals surface area (Å²) in [4.78, 5) is 8.42. The van der Waals surface area contributed by atoms with Crippen molar-refractivity contribution in [2.45, 2.75) is 40.0 Å². The number of aromatic nitrogens is 3. The number of nitrogens with one attached hydrogen (secondary N) is 2. The smallest absolute Gasteiger partial charge is 0.435 e. The number of guanidine groups is 1. The van der Waals surface area contributed by atoms with Crippen molar-refractivity contribution in [2.75, 3.05) is 6.54 Å². The highest BCUT2D eigenvalue weighted by Gasteiger charge is 2.36. The summed E-state index contributed by atoms with van der Waals surface area (Å²) < 4.78 is 45.5. The molecule has 2 N–H and O–H groups in total. The predicted octanol–water partition coefficient (Wildman–Crippen LogP) is 2.92. The van der Waals surface area contributed by atoms with Gasteiger partial charge in [0.15, 0.2) is 11.7 Å². The molecule has 2 aromatic heterocycles. The van der Waals surface area contributed by atoms with Gasteiger partial charge in [0, 0.05) is 25.4 Å². The Balaban J connectivity index is 0.00000338. The molecular formula is C15H22F3IN6O. The predicted molar refractivity (Wildman–Crippen MR) is 101 cm³/mol. The van der Waals surface area contributed by atoms with Crippen LogP contribution in [0.5, 0.6) is 0 Å². The largest absolute Gasteiger partial charge is 0.444 e. The number of halogens is 4. The van der Waals surface area contributed by atoms with Crippen molar-refractivity contribution in [2.24, 2.45) is 12.0 Å². The van der Waals surface area contributed by atoms with E-state index in [-0.39, 0.29) is 42.6 Å². The second-order valence-corrected chi connectivity index (χ2v) is 5.47. The van der Waals surface area contributed by atoms with Gasteiger partial charge < -0.3 is 15.1 Å². The maximum atomic E-state index is 13.0. The van der Waals surface area contributed by atoms with Crippen LogP contribution in [0.25, 0.3) is 0 Å². The summed E-state index contributed by atoms with van der Waals surface area (Å²) in [7, 11) is 1.44. The van der Waals surface area contributed by atoms with Gasteiger partial charge in [0.1, 0.15) is 5.76 Å². The molecule has 7 nitrogen and oxygen atoms in total. The molecule has 26 heavy (non-hydrogen) atoms. The van der Waals surface area contributed by atoms with Crippen molar-refractivity contribution >= 4 is 29.9 Å². The molecule has 0 aliphatic rings. The van der Waals surface area contributed by atoms with E-state index < -0.39 is 11.9 Å². The standard InChI is InChI=1S/C15H21F3N6O.HI/c1-5-19-14(21-7-12-22-9(2)10(3)25-12)20-6-11-8-24(4)23-13(11)15(16,17)18;/h8H,5-7H2,1-4H3,(H2,19,20,21);1H. The summed E-state index contributed by atoms with van der Waals surface area (Å²) >= 11 is 0. The third-order valence-corrected chi connectivity index (χ3v) is 3.40. The first-order valence-corrected chi connectivity index (χ1v) is 7.75. The molecule has 2 heterocycles. The maximum Gasteiger partial charge on any atom is 0.435 e. The zero-order chi connectivity index (χ0) is 18.6. The van der Waals surface area contributed by atoms with Gasteiger partial charge in [0.25, 0.3) is 0 Å². The lowest BCUT2D eigenvalue weighted by molar-refractivity contribution is -0.142. The van der Waals surface area contributed by atoms with Crippen LogP contribution in [0.3, 0.4) is 0 Å². The third-order valence-electron chi connectivity index (χ3n) is 3.40. The topological polar surface area (TPSA) is 80.3 Å². The van der Waals surface area contributed by atoms with E-state index in [9.17, 15) is 13.2 Å². The fourth-order valence-corrected chi connectivity index (χ4v) is 2.17. The van der Waals surface area contributed by atoms with Crippen molar-refractivity contribution < 1.29 is 17.6 Å². The molecule has 0 unspecified atom stereocenters. The van der Waals surface area contributed by atoms with E-state index in [1.165, 1.54) is 13.2 Å². The summed E-state index contributed by atoms with van der Waals surface area (Å²) in [6.07, 6.45) is -3.19. The summed E-state index contributed by atoms with van der Waals surface area (Å²) in [5.74, 6) is 1.58. The third kappa shape index (κ3) is 5.88. The van der Waals surface area contributed by atoms with Gasteiger partial charge in [-0.1, -0.05) is 0 Å². The molecule has 0 spiro atoms. The first-order chi connectivity index (χ1) is 11.7. The van der Waals surface area contributed by atoms with Crippen LogP contribution in [0.1, 0.15) is 35.5 Å². The van der Waals surface area contributed by atoms with Crippen LogP contribution in [-0.4, -0.2) is 27.3 Å². The Bertz CT molecular complexity index is 734. The van der Waals surface area contributed by atoms with E-state index in [4.69, 9.17) is 4.42 Å². The Morgan fingerprint density at radius 3 is 2.54 bits per heavy atom. The molecule has 0 amide bonds. The molecular weight excluding hydrogens is 464 g/mol. The van der Waals surface area contributed by atoms with Crippen LogP contribution in [0.4, 0.5) is 13.2 Å². The highest BCUT2D eigenvalue weighted by molar-refractivity contribution is 14.0. The number of aryl methyl sites for hydroxylation is 3. The van der Waals surface area contributed by atoms with Crippen molar-refractivity contribution in [3.63, 3.8) is 0 Å². The van der Waals surface area contributed by atoms with E-state index in [0.717, 1.165) is 16.1 Å². The molecule has 2 aromatic rings. The van der Waals surface area contributed by atoms with Crippen LogP contribution < -0.4 is 10.6 Å². The number of rotatable bonds is 5. The van der Waals surface area contributed by atoms with Crippen molar-refractivity contribution in [3.05, 3.63) is 34.8 Å². The van der Waals surface area contributed by atoms with E-state index in [1.807, 2.05) is 20.8 Å². The number of hydrogen-bond acceptors (Lipinski definition) is 4. The Labute approximate surface area is 166 Å². The van der Waals surface area contributed by atoms with Crippen LogP contribution in [0, 0.1) is 13.8 Å². The summed E-state index contributed by atoms with van der Waals surface area (Å²) in [5, 5.41) is 9.43. The van der Waals surface area contributed by atoms with Gasteiger partial charge >= 0.3 is 6.18 Å². The maximum absolute atomic E-state index is 13.0. The number of hydrogen-bond donors (Lipinski definition) is 2. The molecule has 0 aromatic carbocycles. The molecule has 0 aliphatic heterocycles. The van der Waals surface area contributed by atoms with Gasteiger partial charge in [-0.05, 0) is 20.8 Å². The van der Waals surface area contributed by atoms with E-state index >= 15 is 0 Å². The Kier molecular flexibility index (Phi) is 7.90. The minimum absolute atomic E-state index is 0. The SMILES string of the molecule is CCNC(=NCc1cn(C)nc1C(F)(F)F)NCc1nc(C)c(C)o1.I. The Morgan fingerprint density at radius 1 is 1.31 bits per heavy atom. The van der Waals surface area contributed by atoms with Crippen LogP contribution >= 0.6 is 24.0 Å².